The van der Waals surface area contributed by atoms with E-state index in [1.807, 2.05) is 4.90 Å². The van der Waals surface area contributed by atoms with Crippen molar-refractivity contribution >= 4 is 11.5 Å². The van der Waals surface area contributed by atoms with Crippen molar-refractivity contribution in [3.63, 3.8) is 0 Å². The Balaban J connectivity index is 3.17. The summed E-state index contributed by atoms with van der Waals surface area (Å²) in [7, 11) is 1.59. The summed E-state index contributed by atoms with van der Waals surface area (Å²) < 4.78 is 5.02. The first-order chi connectivity index (χ1) is 9.13. The molecule has 0 aliphatic carbocycles. The zero-order chi connectivity index (χ0) is 14.3. The predicted molar refractivity (Wildman–Crippen MR) is 72.3 cm³/mol. The van der Waals surface area contributed by atoms with Gasteiger partial charge in [0.25, 0.3) is 0 Å². The van der Waals surface area contributed by atoms with Gasteiger partial charge in [0.2, 0.25) is 0 Å². The van der Waals surface area contributed by atoms with Gasteiger partial charge >= 0.3 is 0 Å². The standard InChI is InChI=1S/C14H18N2O3/c1-11(18)13-4-3-12(10-15)9-14(13)16(5-7-17)6-8-19-2/h3-4,9,17H,5-8H2,1-2H3. The van der Waals surface area contributed by atoms with E-state index in [9.17, 15) is 4.79 Å². The first kappa shape index (κ1) is 15.2. The summed E-state index contributed by atoms with van der Waals surface area (Å²) in [5.74, 6) is -0.0696. The molecule has 0 fully saturated rings. The maximum Gasteiger partial charge on any atom is 0.161 e. The average Bonchev–Trinajstić information content (AvgIpc) is 2.42. The molecule has 0 atom stereocenters. The molecule has 0 aromatic heterocycles. The van der Waals surface area contributed by atoms with Crippen LogP contribution in [0.2, 0.25) is 0 Å². The minimum Gasteiger partial charge on any atom is -0.395 e. The predicted octanol–water partition coefficient (Wildman–Crippen LogP) is 1.21. The SMILES string of the molecule is COCCN(CCO)c1cc(C#N)ccc1C(C)=O. The zero-order valence-electron chi connectivity index (χ0n) is 11.2. The Morgan fingerprint density at radius 3 is 2.74 bits per heavy atom. The molecule has 0 heterocycles. The normalized spacial score (nSPS) is 10.0. The van der Waals surface area contributed by atoms with Crippen LogP contribution in [-0.2, 0) is 4.74 Å². The van der Waals surface area contributed by atoms with Crippen molar-refractivity contribution in [2.75, 3.05) is 38.3 Å². The maximum atomic E-state index is 11.6. The summed E-state index contributed by atoms with van der Waals surface area (Å²) in [4.78, 5) is 13.5. The molecule has 102 valence electrons. The zero-order valence-corrected chi connectivity index (χ0v) is 11.2. The van der Waals surface area contributed by atoms with Gasteiger partial charge in [0.1, 0.15) is 0 Å². The lowest BCUT2D eigenvalue weighted by atomic mass is 10.1. The first-order valence-corrected chi connectivity index (χ1v) is 6.03. The van der Waals surface area contributed by atoms with Crippen molar-refractivity contribution in [1.82, 2.24) is 0 Å². The van der Waals surface area contributed by atoms with Crippen LogP contribution in [0.3, 0.4) is 0 Å². The van der Waals surface area contributed by atoms with Gasteiger partial charge in [0.05, 0.1) is 24.8 Å². The molecule has 1 aromatic rings. The van der Waals surface area contributed by atoms with Gasteiger partial charge in [-0.05, 0) is 25.1 Å². The van der Waals surface area contributed by atoms with Crippen LogP contribution in [0.5, 0.6) is 0 Å². The van der Waals surface area contributed by atoms with E-state index in [0.717, 1.165) is 0 Å². The molecule has 5 heteroatoms. The highest BCUT2D eigenvalue weighted by Crippen LogP contribution is 2.22. The third kappa shape index (κ3) is 4.05. The number of nitrogens with zero attached hydrogens (tertiary/aromatic N) is 2. The second-order valence-corrected chi connectivity index (χ2v) is 4.10. The Kier molecular flexibility index (Phi) is 6.00. The number of carbonyl (C=O) groups is 1. The van der Waals surface area contributed by atoms with Gasteiger partial charge in [-0.25, -0.2) is 0 Å². The van der Waals surface area contributed by atoms with Gasteiger partial charge in [0, 0.05) is 31.5 Å². The van der Waals surface area contributed by atoms with E-state index < -0.39 is 0 Å². The Bertz CT molecular complexity index is 480. The molecule has 0 unspecified atom stereocenters. The highest BCUT2D eigenvalue weighted by molar-refractivity contribution is 6.00. The summed E-state index contributed by atoms with van der Waals surface area (Å²) in [6.07, 6.45) is 0. The Morgan fingerprint density at radius 2 is 2.21 bits per heavy atom. The van der Waals surface area contributed by atoms with Crippen LogP contribution in [0, 0.1) is 11.3 Å². The van der Waals surface area contributed by atoms with E-state index >= 15 is 0 Å². The van der Waals surface area contributed by atoms with E-state index in [1.54, 1.807) is 25.3 Å². The number of benzene rings is 1. The van der Waals surface area contributed by atoms with Gasteiger partial charge in [-0.2, -0.15) is 5.26 Å². The summed E-state index contributed by atoms with van der Waals surface area (Å²) >= 11 is 0. The minimum atomic E-state index is -0.0696. The summed E-state index contributed by atoms with van der Waals surface area (Å²) in [6.45, 7) is 2.87. The van der Waals surface area contributed by atoms with Crippen LogP contribution in [0.25, 0.3) is 0 Å². The molecule has 0 radical (unpaired) electrons. The minimum absolute atomic E-state index is 0.0299. The molecule has 0 saturated heterocycles. The maximum absolute atomic E-state index is 11.6. The van der Waals surface area contributed by atoms with Crippen molar-refractivity contribution in [3.8, 4) is 6.07 Å². The highest BCUT2D eigenvalue weighted by Gasteiger charge is 2.14. The number of carbonyl (C=O) groups excluding carboxylic acids is 1. The lowest BCUT2D eigenvalue weighted by Crippen LogP contribution is -2.31. The quantitative estimate of drug-likeness (QED) is 0.748. The molecule has 1 N–H and O–H groups in total. The lowest BCUT2D eigenvalue weighted by Gasteiger charge is -2.25. The Morgan fingerprint density at radius 1 is 1.47 bits per heavy atom. The number of rotatable bonds is 7. The Labute approximate surface area is 113 Å². The first-order valence-electron chi connectivity index (χ1n) is 6.03. The molecular formula is C14H18N2O3. The smallest absolute Gasteiger partial charge is 0.161 e. The van der Waals surface area contributed by atoms with E-state index in [1.165, 1.54) is 6.92 Å². The monoisotopic (exact) mass is 262 g/mol. The van der Waals surface area contributed by atoms with Crippen LogP contribution in [0.4, 0.5) is 5.69 Å². The van der Waals surface area contributed by atoms with E-state index in [-0.39, 0.29) is 12.4 Å². The lowest BCUT2D eigenvalue weighted by molar-refractivity contribution is 0.101. The summed E-state index contributed by atoms with van der Waals surface area (Å²) in [6, 6.07) is 6.99. The molecular weight excluding hydrogens is 244 g/mol. The molecule has 19 heavy (non-hydrogen) atoms. The highest BCUT2D eigenvalue weighted by atomic mass is 16.5. The van der Waals surface area contributed by atoms with Crippen LogP contribution in [0.15, 0.2) is 18.2 Å². The van der Waals surface area contributed by atoms with Gasteiger partial charge in [-0.15, -0.1) is 0 Å². The molecule has 0 spiro atoms. The number of ether oxygens (including phenoxy) is 1. The fourth-order valence-corrected chi connectivity index (χ4v) is 1.84. The van der Waals surface area contributed by atoms with Crippen LogP contribution in [0.1, 0.15) is 22.8 Å². The number of anilines is 1. The molecule has 0 aliphatic heterocycles. The fourth-order valence-electron chi connectivity index (χ4n) is 1.84. The van der Waals surface area contributed by atoms with Crippen LogP contribution in [-0.4, -0.2) is 44.3 Å². The average molecular weight is 262 g/mol. The van der Waals surface area contributed by atoms with Crippen molar-refractivity contribution in [2.24, 2.45) is 0 Å². The Hall–Kier alpha value is -1.90. The molecule has 0 aliphatic rings. The third-order valence-electron chi connectivity index (χ3n) is 2.78. The topological polar surface area (TPSA) is 73.6 Å². The van der Waals surface area contributed by atoms with Gasteiger partial charge in [0.15, 0.2) is 5.78 Å². The van der Waals surface area contributed by atoms with E-state index in [4.69, 9.17) is 15.1 Å². The molecule has 5 nitrogen and oxygen atoms in total. The molecule has 1 aromatic carbocycles. The largest absolute Gasteiger partial charge is 0.395 e. The van der Waals surface area contributed by atoms with E-state index in [2.05, 4.69) is 6.07 Å². The number of nitriles is 1. The van der Waals surface area contributed by atoms with Gasteiger partial charge in [-0.1, -0.05) is 0 Å². The molecule has 1 rings (SSSR count). The number of methoxy groups -OCH3 is 1. The number of hydrogen-bond donors (Lipinski definition) is 1. The van der Waals surface area contributed by atoms with Crippen molar-refractivity contribution < 1.29 is 14.6 Å². The second kappa shape index (κ2) is 7.52. The molecule has 0 amide bonds. The number of Topliss-reactive ketones (excluding diaryl/α,β-unsaturated/α-hetero) is 1. The van der Waals surface area contributed by atoms with Crippen LogP contribution >= 0.6 is 0 Å². The third-order valence-corrected chi connectivity index (χ3v) is 2.78. The number of aliphatic hydroxyl groups is 1. The number of ketones is 1. The number of hydrogen-bond acceptors (Lipinski definition) is 5. The van der Waals surface area contributed by atoms with Gasteiger partial charge in [-0.3, -0.25) is 4.79 Å². The van der Waals surface area contributed by atoms with Gasteiger partial charge < -0.3 is 14.7 Å². The van der Waals surface area contributed by atoms with E-state index in [0.29, 0.717) is 36.5 Å². The number of aliphatic hydroxyl groups excluding tert-OH is 1. The molecule has 0 bridgehead atoms. The van der Waals surface area contributed by atoms with Crippen molar-refractivity contribution in [1.29, 1.82) is 5.26 Å². The summed E-state index contributed by atoms with van der Waals surface area (Å²) in [5, 5.41) is 18.1. The van der Waals surface area contributed by atoms with Crippen molar-refractivity contribution in [3.05, 3.63) is 29.3 Å². The van der Waals surface area contributed by atoms with Crippen molar-refractivity contribution in [2.45, 2.75) is 6.92 Å². The second-order valence-electron chi connectivity index (χ2n) is 4.10. The summed E-state index contributed by atoms with van der Waals surface area (Å²) in [5.41, 5.74) is 1.70. The van der Waals surface area contributed by atoms with Crippen LogP contribution < -0.4 is 4.90 Å². The fraction of sp³-hybridized carbons (Fsp3) is 0.429. The molecule has 0 saturated carbocycles.